The summed E-state index contributed by atoms with van der Waals surface area (Å²) in [5, 5.41) is 8.78. The van der Waals surface area contributed by atoms with Crippen molar-refractivity contribution < 1.29 is 9.90 Å². The zero-order chi connectivity index (χ0) is 14.5. The van der Waals surface area contributed by atoms with Crippen LogP contribution in [0.15, 0.2) is 18.2 Å². The minimum Gasteiger partial charge on any atom is -0.396 e. The normalized spacial score (nSPS) is 15.6. The molecular formula is C16H24N2O2. The van der Waals surface area contributed by atoms with E-state index in [0.29, 0.717) is 12.8 Å². The van der Waals surface area contributed by atoms with Gasteiger partial charge in [-0.25, -0.2) is 0 Å². The van der Waals surface area contributed by atoms with Crippen LogP contribution in [0.3, 0.4) is 0 Å². The van der Waals surface area contributed by atoms with E-state index in [1.54, 1.807) is 0 Å². The molecule has 0 atom stereocenters. The zero-order valence-electron chi connectivity index (χ0n) is 12.4. The Morgan fingerprint density at radius 2 is 1.90 bits per heavy atom. The van der Waals surface area contributed by atoms with Gasteiger partial charge in [0.05, 0.1) is 0 Å². The molecule has 1 aromatic rings. The number of aliphatic hydroxyl groups excluding tert-OH is 1. The minimum atomic E-state index is 0.0915. The average molecular weight is 276 g/mol. The van der Waals surface area contributed by atoms with Gasteiger partial charge in [0.2, 0.25) is 5.91 Å². The predicted molar refractivity (Wildman–Crippen MR) is 81.0 cm³/mol. The van der Waals surface area contributed by atoms with Gasteiger partial charge in [0, 0.05) is 44.9 Å². The number of rotatable bonds is 4. The molecule has 1 fully saturated rings. The van der Waals surface area contributed by atoms with E-state index in [4.69, 9.17) is 5.11 Å². The highest BCUT2D eigenvalue weighted by Crippen LogP contribution is 2.23. The van der Waals surface area contributed by atoms with Crippen LogP contribution in [0.1, 0.15) is 24.0 Å². The van der Waals surface area contributed by atoms with Crippen LogP contribution in [0.2, 0.25) is 0 Å². The quantitative estimate of drug-likeness (QED) is 0.910. The molecule has 1 saturated heterocycles. The Hall–Kier alpha value is -1.55. The van der Waals surface area contributed by atoms with Crippen LogP contribution >= 0.6 is 0 Å². The van der Waals surface area contributed by atoms with Gasteiger partial charge < -0.3 is 14.9 Å². The minimum absolute atomic E-state index is 0.0915. The highest BCUT2D eigenvalue weighted by atomic mass is 16.3. The van der Waals surface area contributed by atoms with Gasteiger partial charge in [-0.15, -0.1) is 0 Å². The Balaban J connectivity index is 1.94. The van der Waals surface area contributed by atoms with Crippen molar-refractivity contribution in [3.8, 4) is 0 Å². The number of hydrogen-bond acceptors (Lipinski definition) is 3. The topological polar surface area (TPSA) is 43.8 Å². The first-order valence-electron chi connectivity index (χ1n) is 7.33. The van der Waals surface area contributed by atoms with Gasteiger partial charge in [0.1, 0.15) is 0 Å². The molecule has 4 heteroatoms. The Bertz CT molecular complexity index is 466. The lowest BCUT2D eigenvalue weighted by atomic mass is 10.1. The van der Waals surface area contributed by atoms with E-state index in [2.05, 4.69) is 36.9 Å². The maximum atomic E-state index is 11.9. The molecular weight excluding hydrogens is 252 g/mol. The number of carbonyl (C=O) groups is 1. The van der Waals surface area contributed by atoms with Gasteiger partial charge in [-0.2, -0.15) is 0 Å². The van der Waals surface area contributed by atoms with Crippen molar-refractivity contribution in [1.82, 2.24) is 4.90 Å². The summed E-state index contributed by atoms with van der Waals surface area (Å²) in [4.78, 5) is 16.2. The second-order valence-corrected chi connectivity index (χ2v) is 5.41. The predicted octanol–water partition coefficient (Wildman–Crippen LogP) is 1.72. The maximum Gasteiger partial charge on any atom is 0.222 e. The summed E-state index contributed by atoms with van der Waals surface area (Å²) < 4.78 is 0. The first-order valence-corrected chi connectivity index (χ1v) is 7.33. The highest BCUT2D eigenvalue weighted by molar-refractivity contribution is 5.76. The van der Waals surface area contributed by atoms with Gasteiger partial charge >= 0.3 is 0 Å². The lowest BCUT2D eigenvalue weighted by molar-refractivity contribution is -0.131. The van der Waals surface area contributed by atoms with Crippen LogP contribution in [-0.4, -0.2) is 48.7 Å². The molecule has 0 aromatic heterocycles. The Kier molecular flexibility index (Phi) is 5.01. The molecule has 1 aliphatic rings. The number of benzene rings is 1. The Morgan fingerprint density at radius 1 is 1.20 bits per heavy atom. The van der Waals surface area contributed by atoms with Crippen molar-refractivity contribution in [2.75, 3.05) is 37.7 Å². The third kappa shape index (κ3) is 3.31. The second-order valence-electron chi connectivity index (χ2n) is 5.41. The van der Waals surface area contributed by atoms with E-state index in [9.17, 15) is 4.79 Å². The van der Waals surface area contributed by atoms with Crippen LogP contribution in [0.4, 0.5) is 5.69 Å². The smallest absolute Gasteiger partial charge is 0.222 e. The first-order chi connectivity index (χ1) is 9.63. The fraction of sp³-hybridized carbons (Fsp3) is 0.562. The molecule has 0 radical (unpaired) electrons. The molecule has 1 aromatic carbocycles. The van der Waals surface area contributed by atoms with Crippen LogP contribution in [0, 0.1) is 13.8 Å². The lowest BCUT2D eigenvalue weighted by Crippen LogP contribution is -2.49. The van der Waals surface area contributed by atoms with Crippen LogP contribution in [-0.2, 0) is 4.79 Å². The third-order valence-corrected chi connectivity index (χ3v) is 4.10. The molecule has 1 amide bonds. The van der Waals surface area contributed by atoms with Crippen molar-refractivity contribution in [3.63, 3.8) is 0 Å². The van der Waals surface area contributed by atoms with Crippen LogP contribution in [0.5, 0.6) is 0 Å². The molecule has 0 bridgehead atoms. The molecule has 1 heterocycles. The molecule has 1 N–H and O–H groups in total. The number of piperazine rings is 1. The van der Waals surface area contributed by atoms with E-state index in [-0.39, 0.29) is 12.5 Å². The summed E-state index contributed by atoms with van der Waals surface area (Å²) in [7, 11) is 0. The molecule has 0 unspecified atom stereocenters. The van der Waals surface area contributed by atoms with Crippen molar-refractivity contribution in [3.05, 3.63) is 29.3 Å². The summed E-state index contributed by atoms with van der Waals surface area (Å²) in [6.45, 7) is 7.70. The number of carbonyl (C=O) groups excluding carboxylic acids is 1. The molecule has 2 rings (SSSR count). The fourth-order valence-corrected chi connectivity index (χ4v) is 2.66. The monoisotopic (exact) mass is 276 g/mol. The number of aryl methyl sites for hydroxylation is 1. The number of amides is 1. The van der Waals surface area contributed by atoms with Crippen LogP contribution < -0.4 is 4.90 Å². The van der Waals surface area contributed by atoms with Gasteiger partial charge in [0.25, 0.3) is 0 Å². The van der Waals surface area contributed by atoms with E-state index >= 15 is 0 Å². The number of anilines is 1. The van der Waals surface area contributed by atoms with Crippen molar-refractivity contribution >= 4 is 11.6 Å². The van der Waals surface area contributed by atoms with E-state index in [1.165, 1.54) is 16.8 Å². The molecule has 4 nitrogen and oxygen atoms in total. The van der Waals surface area contributed by atoms with Crippen molar-refractivity contribution in [2.45, 2.75) is 26.7 Å². The largest absolute Gasteiger partial charge is 0.396 e. The molecule has 20 heavy (non-hydrogen) atoms. The standard InChI is InChI=1S/C16H24N2O2/c1-13-5-3-6-15(14(13)2)17-8-10-18(11-9-17)16(20)7-4-12-19/h3,5-6,19H,4,7-12H2,1-2H3. The summed E-state index contributed by atoms with van der Waals surface area (Å²) in [5.74, 6) is 0.166. The van der Waals surface area contributed by atoms with E-state index < -0.39 is 0 Å². The average Bonchev–Trinajstić information content (AvgIpc) is 2.48. The van der Waals surface area contributed by atoms with Crippen molar-refractivity contribution in [1.29, 1.82) is 0 Å². The van der Waals surface area contributed by atoms with E-state index in [1.807, 2.05) is 4.90 Å². The molecule has 0 spiro atoms. The summed E-state index contributed by atoms with van der Waals surface area (Å²) in [6, 6.07) is 6.38. The van der Waals surface area contributed by atoms with Crippen molar-refractivity contribution in [2.24, 2.45) is 0 Å². The molecule has 1 aliphatic heterocycles. The summed E-state index contributed by atoms with van der Waals surface area (Å²) in [5.41, 5.74) is 3.92. The van der Waals surface area contributed by atoms with Crippen LogP contribution in [0.25, 0.3) is 0 Å². The summed E-state index contributed by atoms with van der Waals surface area (Å²) >= 11 is 0. The van der Waals surface area contributed by atoms with Gasteiger partial charge in [0.15, 0.2) is 0 Å². The highest BCUT2D eigenvalue weighted by Gasteiger charge is 2.21. The number of aliphatic hydroxyl groups is 1. The zero-order valence-corrected chi connectivity index (χ0v) is 12.4. The number of nitrogens with zero attached hydrogens (tertiary/aromatic N) is 2. The maximum absolute atomic E-state index is 11.9. The first kappa shape index (κ1) is 14.9. The lowest BCUT2D eigenvalue weighted by Gasteiger charge is -2.37. The Labute approximate surface area is 121 Å². The second kappa shape index (κ2) is 6.75. The van der Waals surface area contributed by atoms with Gasteiger partial charge in [-0.05, 0) is 37.5 Å². The van der Waals surface area contributed by atoms with E-state index in [0.717, 1.165) is 26.2 Å². The fourth-order valence-electron chi connectivity index (χ4n) is 2.66. The SMILES string of the molecule is Cc1cccc(N2CCN(C(=O)CCCO)CC2)c1C. The third-order valence-electron chi connectivity index (χ3n) is 4.10. The molecule has 110 valence electrons. The number of hydrogen-bond donors (Lipinski definition) is 1. The molecule has 0 saturated carbocycles. The van der Waals surface area contributed by atoms with Gasteiger partial charge in [-0.1, -0.05) is 12.1 Å². The summed E-state index contributed by atoms with van der Waals surface area (Å²) in [6.07, 6.45) is 1.02. The van der Waals surface area contributed by atoms with Gasteiger partial charge in [-0.3, -0.25) is 4.79 Å². The molecule has 0 aliphatic carbocycles. The Morgan fingerprint density at radius 3 is 2.55 bits per heavy atom.